The second-order valence-corrected chi connectivity index (χ2v) is 4.76. The normalized spacial score (nSPS) is 10.5. The predicted molar refractivity (Wildman–Crippen MR) is 80.2 cm³/mol. The van der Waals surface area contributed by atoms with Crippen molar-refractivity contribution in [3.8, 4) is 22.4 Å². The first kappa shape index (κ1) is 12.5. The summed E-state index contributed by atoms with van der Waals surface area (Å²) < 4.78 is 0. The number of aromatic nitrogens is 3. The van der Waals surface area contributed by atoms with Gasteiger partial charge in [0.05, 0.1) is 5.69 Å². The molecule has 0 aliphatic heterocycles. The van der Waals surface area contributed by atoms with Gasteiger partial charge in [0.1, 0.15) is 5.82 Å². The van der Waals surface area contributed by atoms with Gasteiger partial charge in [0, 0.05) is 29.2 Å². The average molecular weight is 261 g/mol. The van der Waals surface area contributed by atoms with E-state index in [2.05, 4.69) is 39.2 Å². The molecule has 2 heterocycles. The second-order valence-electron chi connectivity index (χ2n) is 4.76. The summed E-state index contributed by atoms with van der Waals surface area (Å²) in [7, 11) is 0. The van der Waals surface area contributed by atoms with Crippen molar-refractivity contribution in [3.05, 3.63) is 66.4 Å². The van der Waals surface area contributed by atoms with Crippen LogP contribution in [0.25, 0.3) is 22.4 Å². The third kappa shape index (κ3) is 2.57. The van der Waals surface area contributed by atoms with Crippen LogP contribution >= 0.6 is 0 Å². The molecular formula is C17H15N3. The molecule has 0 N–H and O–H groups in total. The molecule has 0 unspecified atom stereocenters. The number of nitrogens with zero attached hydrogens (tertiary/aromatic N) is 3. The highest BCUT2D eigenvalue weighted by molar-refractivity contribution is 5.70. The Labute approximate surface area is 118 Å². The van der Waals surface area contributed by atoms with E-state index < -0.39 is 0 Å². The Morgan fingerprint density at radius 2 is 1.65 bits per heavy atom. The van der Waals surface area contributed by atoms with Gasteiger partial charge < -0.3 is 0 Å². The third-order valence-electron chi connectivity index (χ3n) is 3.18. The molecule has 0 amide bonds. The molecule has 0 aliphatic rings. The molecule has 0 fully saturated rings. The average Bonchev–Trinajstić information content (AvgIpc) is 2.48. The van der Waals surface area contributed by atoms with E-state index >= 15 is 0 Å². The number of pyridine rings is 1. The predicted octanol–water partition coefficient (Wildman–Crippen LogP) is 3.82. The standard InChI is InChI=1S/C17H15N3/c1-12-6-7-16(11-19-12)14-4-3-5-15(10-14)17-8-9-18-13(2)20-17/h3-11H,1-2H3. The molecule has 3 aromatic rings. The summed E-state index contributed by atoms with van der Waals surface area (Å²) in [6.45, 7) is 3.89. The van der Waals surface area contributed by atoms with Gasteiger partial charge in [0.2, 0.25) is 0 Å². The van der Waals surface area contributed by atoms with Gasteiger partial charge in [0.15, 0.2) is 0 Å². The zero-order valence-corrected chi connectivity index (χ0v) is 11.5. The topological polar surface area (TPSA) is 38.7 Å². The highest BCUT2D eigenvalue weighted by Gasteiger charge is 2.03. The summed E-state index contributed by atoms with van der Waals surface area (Å²) >= 11 is 0. The Morgan fingerprint density at radius 3 is 2.40 bits per heavy atom. The summed E-state index contributed by atoms with van der Waals surface area (Å²) in [6, 6.07) is 14.4. The van der Waals surface area contributed by atoms with Crippen molar-refractivity contribution in [1.29, 1.82) is 0 Å². The first-order chi connectivity index (χ1) is 9.72. The largest absolute Gasteiger partial charge is 0.261 e. The zero-order chi connectivity index (χ0) is 13.9. The lowest BCUT2D eigenvalue weighted by Crippen LogP contribution is -1.90. The summed E-state index contributed by atoms with van der Waals surface area (Å²) in [5.74, 6) is 0.782. The van der Waals surface area contributed by atoms with Crippen LogP contribution in [0.5, 0.6) is 0 Å². The van der Waals surface area contributed by atoms with Crippen molar-refractivity contribution in [2.75, 3.05) is 0 Å². The van der Waals surface area contributed by atoms with Gasteiger partial charge >= 0.3 is 0 Å². The molecule has 98 valence electrons. The highest BCUT2D eigenvalue weighted by Crippen LogP contribution is 2.24. The van der Waals surface area contributed by atoms with Gasteiger partial charge in [0.25, 0.3) is 0 Å². The van der Waals surface area contributed by atoms with Crippen LogP contribution in [-0.2, 0) is 0 Å². The molecule has 0 saturated heterocycles. The van der Waals surface area contributed by atoms with Crippen LogP contribution in [0.15, 0.2) is 54.9 Å². The molecule has 2 aromatic heterocycles. The van der Waals surface area contributed by atoms with Gasteiger partial charge in [-0.25, -0.2) is 9.97 Å². The van der Waals surface area contributed by atoms with Crippen LogP contribution in [-0.4, -0.2) is 15.0 Å². The first-order valence-corrected chi connectivity index (χ1v) is 6.55. The van der Waals surface area contributed by atoms with Crippen molar-refractivity contribution >= 4 is 0 Å². The van der Waals surface area contributed by atoms with Crippen molar-refractivity contribution in [1.82, 2.24) is 15.0 Å². The smallest absolute Gasteiger partial charge is 0.125 e. The molecular weight excluding hydrogens is 246 g/mol. The quantitative estimate of drug-likeness (QED) is 0.704. The third-order valence-corrected chi connectivity index (χ3v) is 3.18. The molecule has 3 rings (SSSR count). The maximum atomic E-state index is 4.47. The van der Waals surface area contributed by atoms with Crippen LogP contribution in [0.4, 0.5) is 0 Å². The van der Waals surface area contributed by atoms with E-state index in [1.807, 2.05) is 38.2 Å². The SMILES string of the molecule is Cc1ccc(-c2cccc(-c3ccnc(C)n3)c2)cn1. The van der Waals surface area contributed by atoms with Crippen LogP contribution < -0.4 is 0 Å². The van der Waals surface area contributed by atoms with E-state index in [0.717, 1.165) is 33.9 Å². The minimum atomic E-state index is 0.782. The van der Waals surface area contributed by atoms with Gasteiger partial charge in [-0.2, -0.15) is 0 Å². The Bertz CT molecular complexity index is 733. The van der Waals surface area contributed by atoms with E-state index in [0.29, 0.717) is 0 Å². The zero-order valence-electron chi connectivity index (χ0n) is 11.5. The fourth-order valence-corrected chi connectivity index (χ4v) is 2.11. The Kier molecular flexibility index (Phi) is 3.25. The Balaban J connectivity index is 2.03. The fraction of sp³-hybridized carbons (Fsp3) is 0.118. The molecule has 0 spiro atoms. The number of aryl methyl sites for hydroxylation is 2. The van der Waals surface area contributed by atoms with Crippen LogP contribution in [0.2, 0.25) is 0 Å². The van der Waals surface area contributed by atoms with Gasteiger partial charge in [-0.15, -0.1) is 0 Å². The highest BCUT2D eigenvalue weighted by atomic mass is 14.9. The van der Waals surface area contributed by atoms with E-state index in [1.54, 1.807) is 6.20 Å². The van der Waals surface area contributed by atoms with Crippen molar-refractivity contribution in [2.24, 2.45) is 0 Å². The molecule has 0 bridgehead atoms. The van der Waals surface area contributed by atoms with Crippen LogP contribution in [0, 0.1) is 13.8 Å². The maximum Gasteiger partial charge on any atom is 0.125 e. The molecule has 0 aliphatic carbocycles. The molecule has 3 nitrogen and oxygen atoms in total. The number of hydrogen-bond acceptors (Lipinski definition) is 3. The molecule has 0 radical (unpaired) electrons. The summed E-state index contributed by atoms with van der Waals surface area (Å²) in [5.41, 5.74) is 5.32. The Hall–Kier alpha value is -2.55. The molecule has 1 aromatic carbocycles. The van der Waals surface area contributed by atoms with Crippen molar-refractivity contribution < 1.29 is 0 Å². The lowest BCUT2D eigenvalue weighted by atomic mass is 10.0. The van der Waals surface area contributed by atoms with E-state index in [9.17, 15) is 0 Å². The van der Waals surface area contributed by atoms with Crippen LogP contribution in [0.3, 0.4) is 0 Å². The Morgan fingerprint density at radius 1 is 0.800 bits per heavy atom. The number of rotatable bonds is 2. The molecule has 20 heavy (non-hydrogen) atoms. The molecule has 0 atom stereocenters. The number of benzene rings is 1. The second kappa shape index (κ2) is 5.21. The van der Waals surface area contributed by atoms with Gasteiger partial charge in [-0.05, 0) is 37.6 Å². The van der Waals surface area contributed by atoms with Gasteiger partial charge in [-0.3, -0.25) is 4.98 Å². The summed E-state index contributed by atoms with van der Waals surface area (Å²) in [6.07, 6.45) is 3.69. The first-order valence-electron chi connectivity index (χ1n) is 6.55. The lowest BCUT2D eigenvalue weighted by Gasteiger charge is -2.06. The van der Waals surface area contributed by atoms with Gasteiger partial charge in [-0.1, -0.05) is 24.3 Å². The summed E-state index contributed by atoms with van der Waals surface area (Å²) in [4.78, 5) is 12.9. The van der Waals surface area contributed by atoms with E-state index in [4.69, 9.17) is 0 Å². The molecule has 3 heteroatoms. The minimum Gasteiger partial charge on any atom is -0.261 e. The lowest BCUT2D eigenvalue weighted by molar-refractivity contribution is 1.06. The van der Waals surface area contributed by atoms with Crippen molar-refractivity contribution in [2.45, 2.75) is 13.8 Å². The minimum absolute atomic E-state index is 0.782. The van der Waals surface area contributed by atoms with E-state index in [-0.39, 0.29) is 0 Å². The fourth-order valence-electron chi connectivity index (χ4n) is 2.11. The number of hydrogen-bond donors (Lipinski definition) is 0. The van der Waals surface area contributed by atoms with Crippen LogP contribution in [0.1, 0.15) is 11.5 Å². The van der Waals surface area contributed by atoms with Crippen molar-refractivity contribution in [3.63, 3.8) is 0 Å². The summed E-state index contributed by atoms with van der Waals surface area (Å²) in [5, 5.41) is 0. The monoisotopic (exact) mass is 261 g/mol. The van der Waals surface area contributed by atoms with E-state index in [1.165, 1.54) is 0 Å². The maximum absolute atomic E-state index is 4.47. The molecule has 0 saturated carbocycles.